The van der Waals surface area contributed by atoms with Crippen molar-refractivity contribution in [2.24, 2.45) is 0 Å². The third kappa shape index (κ3) is 4.41. The molecule has 0 fully saturated rings. The topological polar surface area (TPSA) is 109 Å². The number of halogens is 1. The van der Waals surface area contributed by atoms with Crippen molar-refractivity contribution < 1.29 is 33.7 Å². The molecule has 2 aromatic heterocycles. The van der Waals surface area contributed by atoms with Gasteiger partial charge < -0.3 is 29.0 Å². The second-order valence-electron chi connectivity index (χ2n) is 8.30. The molecule has 3 heterocycles. The Balaban J connectivity index is 1.63. The van der Waals surface area contributed by atoms with E-state index >= 15 is 0 Å². The molecule has 1 aliphatic rings. The molecule has 8 nitrogen and oxygen atoms in total. The van der Waals surface area contributed by atoms with Crippen LogP contribution in [0.1, 0.15) is 34.0 Å². The van der Waals surface area contributed by atoms with Crippen LogP contribution in [0.5, 0.6) is 17.2 Å². The monoisotopic (exact) mass is 539 g/mol. The summed E-state index contributed by atoms with van der Waals surface area (Å²) in [6.45, 7) is 2.24. The molecule has 0 radical (unpaired) electrons. The van der Waals surface area contributed by atoms with Crippen molar-refractivity contribution in [2.45, 2.75) is 19.5 Å². The lowest BCUT2D eigenvalue weighted by Crippen LogP contribution is -2.30. The van der Waals surface area contributed by atoms with Crippen LogP contribution in [-0.4, -0.2) is 40.5 Å². The Morgan fingerprint density at radius 3 is 2.68 bits per heavy atom. The highest BCUT2D eigenvalue weighted by atomic mass is 35.5. The number of aromatic hydroxyl groups is 1. The van der Waals surface area contributed by atoms with Gasteiger partial charge in [-0.1, -0.05) is 23.7 Å². The maximum atomic E-state index is 13.8. The maximum absolute atomic E-state index is 13.8. The summed E-state index contributed by atoms with van der Waals surface area (Å²) in [5.41, 5.74) is 0.657. The number of nitrogens with zero attached hydrogens (tertiary/aromatic N) is 1. The first-order valence-electron chi connectivity index (χ1n) is 11.4. The number of rotatable bonds is 8. The maximum Gasteiger partial charge on any atom is 0.290 e. The van der Waals surface area contributed by atoms with Gasteiger partial charge in [0.15, 0.2) is 34.4 Å². The number of amides is 1. The predicted molar refractivity (Wildman–Crippen MR) is 139 cm³/mol. The Morgan fingerprint density at radius 1 is 1.16 bits per heavy atom. The molecule has 0 bridgehead atoms. The number of ether oxygens (including phenoxy) is 2. The van der Waals surface area contributed by atoms with Gasteiger partial charge in [-0.15, -0.1) is 11.3 Å². The molecule has 5 rings (SSSR count). The highest BCUT2D eigenvalue weighted by Gasteiger charge is 2.45. The van der Waals surface area contributed by atoms with Crippen molar-refractivity contribution in [2.75, 3.05) is 13.7 Å². The summed E-state index contributed by atoms with van der Waals surface area (Å²) in [5, 5.41) is 24.0. The molecule has 37 heavy (non-hydrogen) atoms. The van der Waals surface area contributed by atoms with E-state index in [1.54, 1.807) is 31.2 Å². The standard InChI is InChI=1S/C27H22ClNO7S/c1-3-35-19-10-14(6-7-18(19)30)23-22(25(32)27(33)29(23)13-17-5-4-8-37-17)24(31)20-11-15-9-16(28)12-21(34-2)26(15)36-20/h4-12,23,30,32H,3,13H2,1-2H3. The van der Waals surface area contributed by atoms with E-state index in [0.29, 0.717) is 33.9 Å². The first-order chi connectivity index (χ1) is 17.8. The van der Waals surface area contributed by atoms with E-state index < -0.39 is 23.5 Å². The van der Waals surface area contributed by atoms with Crippen molar-refractivity contribution in [3.05, 3.63) is 86.5 Å². The minimum Gasteiger partial charge on any atom is -0.504 e. The number of hydrogen-bond acceptors (Lipinski definition) is 8. The number of Topliss-reactive ketones (excluding diaryl/α,β-unsaturated/α-hetero) is 1. The molecule has 0 spiro atoms. The summed E-state index contributed by atoms with van der Waals surface area (Å²) in [6, 6.07) is 12.0. The summed E-state index contributed by atoms with van der Waals surface area (Å²) >= 11 is 7.62. The second-order valence-corrected chi connectivity index (χ2v) is 9.77. The average molecular weight is 540 g/mol. The minimum atomic E-state index is -0.958. The molecule has 0 aliphatic carbocycles. The highest BCUT2D eigenvalue weighted by Crippen LogP contribution is 2.43. The van der Waals surface area contributed by atoms with E-state index in [1.807, 2.05) is 17.5 Å². The van der Waals surface area contributed by atoms with Crippen LogP contribution in [0.3, 0.4) is 0 Å². The summed E-state index contributed by atoms with van der Waals surface area (Å²) in [6.07, 6.45) is 0. The lowest BCUT2D eigenvalue weighted by molar-refractivity contribution is -0.130. The fraction of sp³-hybridized carbons (Fsp3) is 0.185. The van der Waals surface area contributed by atoms with Crippen molar-refractivity contribution in [3.8, 4) is 17.2 Å². The van der Waals surface area contributed by atoms with Gasteiger partial charge in [0, 0.05) is 21.4 Å². The van der Waals surface area contributed by atoms with Gasteiger partial charge in [-0.3, -0.25) is 9.59 Å². The van der Waals surface area contributed by atoms with Gasteiger partial charge in [0.1, 0.15) is 0 Å². The van der Waals surface area contributed by atoms with Crippen LogP contribution in [0.15, 0.2) is 69.7 Å². The molecule has 2 aromatic carbocycles. The van der Waals surface area contributed by atoms with E-state index in [2.05, 4.69) is 0 Å². The first kappa shape index (κ1) is 24.7. The van der Waals surface area contributed by atoms with Crippen molar-refractivity contribution in [1.29, 1.82) is 0 Å². The summed E-state index contributed by atoms with van der Waals surface area (Å²) in [7, 11) is 1.46. The van der Waals surface area contributed by atoms with Gasteiger partial charge in [-0.2, -0.15) is 0 Å². The molecule has 0 saturated heterocycles. The molecular weight excluding hydrogens is 518 g/mol. The van der Waals surface area contributed by atoms with Crippen LogP contribution < -0.4 is 9.47 Å². The Morgan fingerprint density at radius 2 is 1.97 bits per heavy atom. The summed E-state index contributed by atoms with van der Waals surface area (Å²) in [5.74, 6) is -1.64. The van der Waals surface area contributed by atoms with Crippen molar-refractivity contribution >= 4 is 45.6 Å². The third-order valence-corrected chi connectivity index (χ3v) is 7.12. The van der Waals surface area contributed by atoms with Crippen LogP contribution in [0.25, 0.3) is 11.0 Å². The fourth-order valence-electron chi connectivity index (χ4n) is 4.42. The smallest absolute Gasteiger partial charge is 0.290 e. The average Bonchev–Trinajstić information content (AvgIpc) is 3.60. The lowest BCUT2D eigenvalue weighted by Gasteiger charge is -2.26. The zero-order valence-corrected chi connectivity index (χ0v) is 21.4. The molecule has 4 aromatic rings. The van der Waals surface area contributed by atoms with Gasteiger partial charge in [-0.05, 0) is 48.2 Å². The van der Waals surface area contributed by atoms with Crippen LogP contribution in [0.4, 0.5) is 0 Å². The molecule has 1 unspecified atom stereocenters. The largest absolute Gasteiger partial charge is 0.504 e. The Labute approximate surface area is 220 Å². The zero-order valence-electron chi connectivity index (χ0n) is 19.9. The van der Waals surface area contributed by atoms with Crippen LogP contribution in [-0.2, 0) is 11.3 Å². The lowest BCUT2D eigenvalue weighted by atomic mass is 9.94. The number of benzene rings is 2. The fourth-order valence-corrected chi connectivity index (χ4v) is 5.34. The number of phenols is 1. The number of fused-ring (bicyclic) bond motifs is 1. The molecule has 190 valence electrons. The summed E-state index contributed by atoms with van der Waals surface area (Å²) < 4.78 is 16.7. The number of furan rings is 1. The number of thiophene rings is 1. The molecule has 1 atom stereocenters. The number of hydrogen-bond donors (Lipinski definition) is 2. The van der Waals surface area contributed by atoms with Gasteiger partial charge in [0.05, 0.1) is 31.9 Å². The highest BCUT2D eigenvalue weighted by molar-refractivity contribution is 7.09. The third-order valence-electron chi connectivity index (χ3n) is 6.04. The molecule has 1 aliphatic heterocycles. The van der Waals surface area contributed by atoms with Crippen LogP contribution in [0.2, 0.25) is 5.02 Å². The van der Waals surface area contributed by atoms with Gasteiger partial charge in [0.25, 0.3) is 5.91 Å². The van der Waals surface area contributed by atoms with E-state index in [0.717, 1.165) is 4.88 Å². The van der Waals surface area contributed by atoms with Crippen molar-refractivity contribution in [1.82, 2.24) is 4.90 Å². The normalized spacial score (nSPS) is 15.6. The second kappa shape index (κ2) is 9.84. The van der Waals surface area contributed by atoms with E-state index in [-0.39, 0.29) is 29.4 Å². The number of ketones is 1. The Bertz CT molecular complexity index is 1540. The van der Waals surface area contributed by atoms with E-state index in [9.17, 15) is 19.8 Å². The number of phenolic OH excluding ortho intramolecular Hbond substituents is 1. The number of aliphatic hydroxyl groups is 1. The molecule has 1 amide bonds. The zero-order chi connectivity index (χ0) is 26.3. The molecule has 0 saturated carbocycles. The molecular formula is C27H22ClNO7S. The molecule has 2 N–H and O–H groups in total. The van der Waals surface area contributed by atoms with E-state index in [4.69, 9.17) is 25.5 Å². The van der Waals surface area contributed by atoms with Gasteiger partial charge in [0.2, 0.25) is 5.78 Å². The van der Waals surface area contributed by atoms with Crippen LogP contribution >= 0.6 is 22.9 Å². The predicted octanol–water partition coefficient (Wildman–Crippen LogP) is 6.04. The number of aliphatic hydroxyl groups excluding tert-OH is 1. The van der Waals surface area contributed by atoms with Crippen molar-refractivity contribution in [3.63, 3.8) is 0 Å². The van der Waals surface area contributed by atoms with E-state index in [1.165, 1.54) is 35.5 Å². The quantitative estimate of drug-likeness (QED) is 0.263. The first-order valence-corrected chi connectivity index (χ1v) is 12.6. The Kier molecular flexibility index (Phi) is 6.57. The van der Waals surface area contributed by atoms with Crippen LogP contribution in [0, 0.1) is 0 Å². The molecule has 10 heteroatoms. The number of methoxy groups -OCH3 is 1. The summed E-state index contributed by atoms with van der Waals surface area (Å²) in [4.78, 5) is 29.4. The minimum absolute atomic E-state index is 0.0814. The SMILES string of the molecule is CCOc1cc(C2C(C(=O)c3cc4cc(Cl)cc(OC)c4o3)=C(O)C(=O)N2Cc2cccs2)ccc1O. The van der Waals surface area contributed by atoms with Gasteiger partial charge in [-0.25, -0.2) is 0 Å². The Hall–Kier alpha value is -3.95. The number of carbonyl (C=O) groups is 2. The number of carbonyl (C=O) groups excluding carboxylic acids is 2. The van der Waals surface area contributed by atoms with Gasteiger partial charge >= 0.3 is 0 Å².